The smallest absolute Gasteiger partial charge is 0.392 e. The molecule has 0 spiro atoms. The van der Waals surface area contributed by atoms with E-state index < -0.39 is 12.6 Å². The predicted octanol–water partition coefficient (Wildman–Crippen LogP) is 6.57. The van der Waals surface area contributed by atoms with Crippen molar-refractivity contribution in [2.24, 2.45) is 5.92 Å². The van der Waals surface area contributed by atoms with Crippen molar-refractivity contribution in [1.29, 1.82) is 0 Å². The maximum Gasteiger partial charge on any atom is 0.392 e. The Bertz CT molecular complexity index is 540. The Balaban J connectivity index is 1.92. The van der Waals surface area contributed by atoms with E-state index in [4.69, 9.17) is 4.74 Å². The highest BCUT2D eigenvalue weighted by molar-refractivity contribution is 5.37. The summed E-state index contributed by atoms with van der Waals surface area (Å²) in [4.78, 5) is 0. The lowest BCUT2D eigenvalue weighted by Gasteiger charge is -2.28. The number of allylic oxidation sites excluding steroid dienone is 2. The zero-order chi connectivity index (χ0) is 17.6. The van der Waals surface area contributed by atoms with Crippen LogP contribution in [0.4, 0.5) is 13.2 Å². The van der Waals surface area contributed by atoms with Gasteiger partial charge in [0.25, 0.3) is 0 Å². The minimum Gasteiger partial charge on any atom is -0.494 e. The second-order valence-corrected chi connectivity index (χ2v) is 6.73. The number of rotatable bonds is 6. The van der Waals surface area contributed by atoms with Gasteiger partial charge in [-0.15, -0.1) is 0 Å². The summed E-state index contributed by atoms with van der Waals surface area (Å²) in [6.45, 7) is 4.93. The quantitative estimate of drug-likeness (QED) is 0.532. The van der Waals surface area contributed by atoms with E-state index in [2.05, 4.69) is 26.0 Å². The third kappa shape index (κ3) is 5.88. The van der Waals surface area contributed by atoms with Crippen LogP contribution in [0.3, 0.4) is 0 Å². The second-order valence-electron chi connectivity index (χ2n) is 6.73. The number of halogens is 3. The van der Waals surface area contributed by atoms with Gasteiger partial charge < -0.3 is 4.74 Å². The summed E-state index contributed by atoms with van der Waals surface area (Å²) in [6.07, 6.45) is 3.09. The highest BCUT2D eigenvalue weighted by Crippen LogP contribution is 2.39. The molecule has 0 saturated heterocycles. The van der Waals surface area contributed by atoms with Crippen LogP contribution in [0, 0.1) is 12.8 Å². The zero-order valence-corrected chi connectivity index (χ0v) is 14.5. The number of aryl methyl sites for hydroxylation is 1. The van der Waals surface area contributed by atoms with E-state index in [0.29, 0.717) is 5.92 Å². The molecule has 0 radical (unpaired) electrons. The van der Waals surface area contributed by atoms with Crippen molar-refractivity contribution in [1.82, 2.24) is 0 Å². The highest BCUT2D eigenvalue weighted by atomic mass is 19.4. The molecule has 0 aliphatic heterocycles. The Morgan fingerprint density at radius 3 is 2.50 bits per heavy atom. The van der Waals surface area contributed by atoms with Crippen LogP contribution in [-0.2, 0) is 0 Å². The van der Waals surface area contributed by atoms with Crippen LogP contribution in [0.5, 0.6) is 5.75 Å². The van der Waals surface area contributed by atoms with Crippen LogP contribution in [-0.4, -0.2) is 12.8 Å². The zero-order valence-electron chi connectivity index (χ0n) is 14.5. The molecule has 0 amide bonds. The van der Waals surface area contributed by atoms with E-state index >= 15 is 0 Å². The van der Waals surface area contributed by atoms with Crippen molar-refractivity contribution in [3.8, 4) is 5.75 Å². The van der Waals surface area contributed by atoms with Crippen LogP contribution in [0.2, 0.25) is 0 Å². The number of hydrogen-bond acceptors (Lipinski definition) is 1. The highest BCUT2D eigenvalue weighted by Gasteiger charge is 2.26. The average Bonchev–Trinajstić information content (AvgIpc) is 2.54. The Kier molecular flexibility index (Phi) is 6.76. The molecule has 1 saturated carbocycles. The van der Waals surface area contributed by atoms with Gasteiger partial charge in [-0.05, 0) is 74.1 Å². The summed E-state index contributed by atoms with van der Waals surface area (Å²) >= 11 is 0. The summed E-state index contributed by atoms with van der Waals surface area (Å²) < 4.78 is 42.3. The van der Waals surface area contributed by atoms with Gasteiger partial charge in [0.15, 0.2) is 0 Å². The van der Waals surface area contributed by atoms with Crippen LogP contribution in [0.15, 0.2) is 30.4 Å². The minimum absolute atomic E-state index is 0.281. The van der Waals surface area contributed by atoms with Crippen molar-refractivity contribution in [3.05, 3.63) is 41.5 Å². The standard InChI is InChI=1S/C20H27F3O/c1-3-13-24-18-11-6-15(2)19(14-18)17-9-7-16(8-10-17)5-4-12-20(21,22)23/h4-6,11,14,16-17H,3,7-10,12-13H2,1-2H3. The van der Waals surface area contributed by atoms with Gasteiger partial charge in [-0.25, -0.2) is 0 Å². The van der Waals surface area contributed by atoms with Crippen molar-refractivity contribution in [2.75, 3.05) is 6.61 Å². The van der Waals surface area contributed by atoms with Gasteiger partial charge in [0.05, 0.1) is 13.0 Å². The summed E-state index contributed by atoms with van der Waals surface area (Å²) in [5.41, 5.74) is 2.61. The van der Waals surface area contributed by atoms with Crippen molar-refractivity contribution in [2.45, 2.75) is 64.5 Å². The van der Waals surface area contributed by atoms with Crippen molar-refractivity contribution in [3.63, 3.8) is 0 Å². The molecule has 0 N–H and O–H groups in total. The lowest BCUT2D eigenvalue weighted by Crippen LogP contribution is -2.13. The summed E-state index contributed by atoms with van der Waals surface area (Å²) in [7, 11) is 0. The third-order valence-corrected chi connectivity index (χ3v) is 4.69. The first-order valence-electron chi connectivity index (χ1n) is 8.86. The van der Waals surface area contributed by atoms with Crippen LogP contribution < -0.4 is 4.74 Å². The number of alkyl halides is 3. The molecule has 1 nitrogen and oxygen atoms in total. The van der Waals surface area contributed by atoms with E-state index in [1.165, 1.54) is 17.2 Å². The van der Waals surface area contributed by atoms with Crippen LogP contribution >= 0.6 is 0 Å². The number of benzene rings is 1. The molecule has 4 heteroatoms. The SMILES string of the molecule is CCCOc1ccc(C)c(C2CCC(C=CCC(F)(F)F)CC2)c1. The predicted molar refractivity (Wildman–Crippen MR) is 91.5 cm³/mol. The van der Waals surface area contributed by atoms with Gasteiger partial charge in [0.1, 0.15) is 5.75 Å². The molecule has 1 aliphatic rings. The van der Waals surface area contributed by atoms with Crippen molar-refractivity contribution >= 4 is 0 Å². The molecule has 1 aromatic rings. The molecular weight excluding hydrogens is 313 g/mol. The fourth-order valence-corrected chi connectivity index (χ4v) is 3.38. The molecule has 24 heavy (non-hydrogen) atoms. The van der Waals surface area contributed by atoms with Crippen molar-refractivity contribution < 1.29 is 17.9 Å². The van der Waals surface area contributed by atoms with Crippen LogP contribution in [0.1, 0.15) is 62.5 Å². The molecule has 0 unspecified atom stereocenters. The summed E-state index contributed by atoms with van der Waals surface area (Å²) in [5.74, 6) is 1.69. The fourth-order valence-electron chi connectivity index (χ4n) is 3.38. The molecule has 1 aliphatic carbocycles. The van der Waals surface area contributed by atoms with E-state index in [1.807, 2.05) is 6.07 Å². The second kappa shape index (κ2) is 8.59. The molecule has 0 heterocycles. The lowest BCUT2D eigenvalue weighted by molar-refractivity contribution is -0.125. The molecule has 0 aromatic heterocycles. The first kappa shape index (κ1) is 18.9. The van der Waals surface area contributed by atoms with Gasteiger partial charge in [-0.1, -0.05) is 25.1 Å². The summed E-state index contributed by atoms with van der Waals surface area (Å²) in [5, 5.41) is 0. The van der Waals surface area contributed by atoms with E-state index in [0.717, 1.165) is 44.5 Å². The fraction of sp³-hybridized carbons (Fsp3) is 0.600. The maximum absolute atomic E-state index is 12.2. The lowest BCUT2D eigenvalue weighted by atomic mass is 9.77. The van der Waals surface area contributed by atoms with Gasteiger partial charge in [-0.3, -0.25) is 0 Å². The topological polar surface area (TPSA) is 9.23 Å². The molecular formula is C20H27F3O. The largest absolute Gasteiger partial charge is 0.494 e. The number of ether oxygens (including phenoxy) is 1. The molecule has 134 valence electrons. The van der Waals surface area contributed by atoms with E-state index in [-0.39, 0.29) is 5.92 Å². The average molecular weight is 340 g/mol. The molecule has 2 rings (SSSR count). The number of hydrogen-bond donors (Lipinski definition) is 0. The Labute approximate surface area is 142 Å². The first-order chi connectivity index (χ1) is 11.4. The van der Waals surface area contributed by atoms with E-state index in [9.17, 15) is 13.2 Å². The molecule has 1 fully saturated rings. The Hall–Kier alpha value is -1.45. The van der Waals surface area contributed by atoms with E-state index in [1.54, 1.807) is 6.08 Å². The van der Waals surface area contributed by atoms with Gasteiger partial charge in [0, 0.05) is 0 Å². The van der Waals surface area contributed by atoms with Crippen LogP contribution in [0.25, 0.3) is 0 Å². The molecule has 0 atom stereocenters. The Morgan fingerprint density at radius 2 is 1.88 bits per heavy atom. The maximum atomic E-state index is 12.2. The monoisotopic (exact) mass is 340 g/mol. The molecule has 1 aromatic carbocycles. The first-order valence-corrected chi connectivity index (χ1v) is 8.86. The van der Waals surface area contributed by atoms with Gasteiger partial charge in [0.2, 0.25) is 0 Å². The van der Waals surface area contributed by atoms with Gasteiger partial charge >= 0.3 is 6.18 Å². The summed E-state index contributed by atoms with van der Waals surface area (Å²) in [6, 6.07) is 6.27. The minimum atomic E-state index is -4.09. The molecule has 0 bridgehead atoms. The normalized spacial score (nSPS) is 22.0. The third-order valence-electron chi connectivity index (χ3n) is 4.69. The Morgan fingerprint density at radius 1 is 1.17 bits per heavy atom. The van der Waals surface area contributed by atoms with Gasteiger partial charge in [-0.2, -0.15) is 13.2 Å².